The molecule has 1 N–H and O–H groups in total. The van der Waals surface area contributed by atoms with E-state index in [1.807, 2.05) is 0 Å². The van der Waals surface area contributed by atoms with Gasteiger partial charge in [0.05, 0.1) is 11.3 Å². The Hall–Kier alpha value is -3.54. The molecule has 140 valence electrons. The molecule has 0 radical (unpaired) electrons. The maximum absolute atomic E-state index is 13.2. The summed E-state index contributed by atoms with van der Waals surface area (Å²) in [6.45, 7) is 1.83. The van der Waals surface area contributed by atoms with Crippen molar-refractivity contribution in [3.05, 3.63) is 95.1 Å². The molecule has 3 aromatic rings. The number of benzene rings is 2. The number of pyridine rings is 1. The quantitative estimate of drug-likeness (QED) is 0.679. The highest BCUT2D eigenvalue weighted by molar-refractivity contribution is 5.99. The number of rotatable bonds is 5. The number of nitrogens with one attached hydrogen (secondary N) is 1. The van der Waals surface area contributed by atoms with Crippen molar-refractivity contribution in [2.75, 3.05) is 5.32 Å². The number of nitrogens with zero attached hydrogens (tertiary/aromatic N) is 2. The first kappa shape index (κ1) is 17.9. The SMILES string of the molecule is CC(=O)c1ccc(N[C@H]2c3ncccc3C(=O)N2Cc2ccc(F)cc2)cc1. The fourth-order valence-electron chi connectivity index (χ4n) is 3.29. The minimum Gasteiger partial charge on any atom is -0.360 e. The Bertz CT molecular complexity index is 1030. The zero-order chi connectivity index (χ0) is 19.7. The molecule has 1 aromatic heterocycles. The molecule has 0 spiro atoms. The molecule has 1 atom stereocenters. The zero-order valence-corrected chi connectivity index (χ0v) is 15.2. The molecule has 6 heteroatoms. The van der Waals surface area contributed by atoms with Crippen LogP contribution in [0.25, 0.3) is 0 Å². The molecule has 0 unspecified atom stereocenters. The lowest BCUT2D eigenvalue weighted by atomic mass is 10.1. The second kappa shape index (κ2) is 7.23. The summed E-state index contributed by atoms with van der Waals surface area (Å²) >= 11 is 0. The van der Waals surface area contributed by atoms with Crippen LogP contribution in [0.3, 0.4) is 0 Å². The van der Waals surface area contributed by atoms with Crippen molar-refractivity contribution in [1.82, 2.24) is 9.88 Å². The van der Waals surface area contributed by atoms with E-state index in [4.69, 9.17) is 0 Å². The van der Waals surface area contributed by atoms with Crippen molar-refractivity contribution in [1.29, 1.82) is 0 Å². The van der Waals surface area contributed by atoms with E-state index >= 15 is 0 Å². The number of halogens is 1. The second-order valence-corrected chi connectivity index (χ2v) is 6.68. The molecular weight excluding hydrogens is 357 g/mol. The van der Waals surface area contributed by atoms with Crippen LogP contribution < -0.4 is 5.32 Å². The average molecular weight is 375 g/mol. The smallest absolute Gasteiger partial charge is 0.258 e. The molecule has 28 heavy (non-hydrogen) atoms. The molecule has 0 fully saturated rings. The first-order valence-electron chi connectivity index (χ1n) is 8.91. The lowest BCUT2D eigenvalue weighted by Crippen LogP contribution is -2.32. The summed E-state index contributed by atoms with van der Waals surface area (Å²) in [5.74, 6) is -0.459. The van der Waals surface area contributed by atoms with Crippen LogP contribution in [0.5, 0.6) is 0 Å². The first-order chi connectivity index (χ1) is 13.5. The Morgan fingerprint density at radius 1 is 1.11 bits per heavy atom. The standard InChI is InChI=1S/C22H18FN3O2/c1-14(27)16-6-10-18(11-7-16)25-21-20-19(3-2-12-24-20)22(28)26(21)13-15-4-8-17(23)9-5-15/h2-12,21,25H,13H2,1H3/t21-/m1/s1. The highest BCUT2D eigenvalue weighted by Gasteiger charge is 2.37. The predicted octanol–water partition coefficient (Wildman–Crippen LogP) is 4.19. The van der Waals surface area contributed by atoms with Crippen molar-refractivity contribution in [2.45, 2.75) is 19.6 Å². The molecule has 0 aliphatic carbocycles. The summed E-state index contributed by atoms with van der Waals surface area (Å²) in [6.07, 6.45) is 1.19. The molecular formula is C22H18FN3O2. The van der Waals surface area contributed by atoms with Crippen molar-refractivity contribution >= 4 is 17.4 Å². The van der Waals surface area contributed by atoms with Gasteiger partial charge in [0.2, 0.25) is 0 Å². The van der Waals surface area contributed by atoms with Crippen LogP contribution in [0, 0.1) is 5.82 Å². The van der Waals surface area contributed by atoms with Gasteiger partial charge < -0.3 is 10.2 Å². The van der Waals surface area contributed by atoms with E-state index in [9.17, 15) is 14.0 Å². The molecule has 1 amide bonds. The highest BCUT2D eigenvalue weighted by Crippen LogP contribution is 2.34. The lowest BCUT2D eigenvalue weighted by molar-refractivity contribution is 0.0727. The van der Waals surface area contributed by atoms with E-state index < -0.39 is 6.17 Å². The molecule has 4 rings (SSSR count). The Kier molecular flexibility index (Phi) is 4.61. The summed E-state index contributed by atoms with van der Waals surface area (Å²) in [4.78, 5) is 30.5. The van der Waals surface area contributed by atoms with Crippen molar-refractivity contribution < 1.29 is 14.0 Å². The molecule has 5 nitrogen and oxygen atoms in total. The van der Waals surface area contributed by atoms with Gasteiger partial charge in [0.25, 0.3) is 5.91 Å². The monoisotopic (exact) mass is 375 g/mol. The highest BCUT2D eigenvalue weighted by atomic mass is 19.1. The van der Waals surface area contributed by atoms with Gasteiger partial charge in [-0.05, 0) is 61.0 Å². The molecule has 1 aliphatic heterocycles. The number of amides is 1. The van der Waals surface area contributed by atoms with Crippen molar-refractivity contribution in [3.8, 4) is 0 Å². The van der Waals surface area contributed by atoms with Gasteiger partial charge in [-0.15, -0.1) is 0 Å². The number of ketones is 1. The van der Waals surface area contributed by atoms with Gasteiger partial charge >= 0.3 is 0 Å². The van der Waals surface area contributed by atoms with Gasteiger partial charge in [-0.1, -0.05) is 12.1 Å². The number of fused-ring (bicyclic) bond motifs is 1. The number of Topliss-reactive ketones (excluding diaryl/α,β-unsaturated/α-hetero) is 1. The third-order valence-corrected chi connectivity index (χ3v) is 4.76. The molecule has 0 bridgehead atoms. The molecule has 2 aromatic carbocycles. The van der Waals surface area contributed by atoms with E-state index in [2.05, 4.69) is 10.3 Å². The Morgan fingerprint density at radius 2 is 1.82 bits per heavy atom. The van der Waals surface area contributed by atoms with Crippen LogP contribution in [-0.2, 0) is 6.54 Å². The van der Waals surface area contributed by atoms with Gasteiger partial charge in [0.15, 0.2) is 5.78 Å². The maximum Gasteiger partial charge on any atom is 0.258 e. The number of hydrogen-bond acceptors (Lipinski definition) is 4. The van der Waals surface area contributed by atoms with Gasteiger partial charge in [-0.2, -0.15) is 0 Å². The average Bonchev–Trinajstić information content (AvgIpc) is 2.96. The van der Waals surface area contributed by atoms with Crippen LogP contribution >= 0.6 is 0 Å². The van der Waals surface area contributed by atoms with Gasteiger partial charge in [-0.25, -0.2) is 4.39 Å². The van der Waals surface area contributed by atoms with E-state index in [1.54, 1.807) is 59.6 Å². The number of carbonyl (C=O) groups excluding carboxylic acids is 2. The van der Waals surface area contributed by atoms with Crippen molar-refractivity contribution in [2.24, 2.45) is 0 Å². The van der Waals surface area contributed by atoms with E-state index in [-0.39, 0.29) is 17.5 Å². The normalized spacial score (nSPS) is 15.4. The third-order valence-electron chi connectivity index (χ3n) is 4.76. The van der Waals surface area contributed by atoms with Crippen LogP contribution in [0.1, 0.15) is 45.1 Å². The maximum atomic E-state index is 13.2. The van der Waals surface area contributed by atoms with Crippen LogP contribution in [0.2, 0.25) is 0 Å². The Morgan fingerprint density at radius 3 is 2.50 bits per heavy atom. The number of hydrogen-bond donors (Lipinski definition) is 1. The summed E-state index contributed by atoms with van der Waals surface area (Å²) in [7, 11) is 0. The predicted molar refractivity (Wildman–Crippen MR) is 103 cm³/mol. The zero-order valence-electron chi connectivity index (χ0n) is 15.2. The largest absolute Gasteiger partial charge is 0.360 e. The summed E-state index contributed by atoms with van der Waals surface area (Å²) in [5.41, 5.74) is 3.40. The van der Waals surface area contributed by atoms with Crippen molar-refractivity contribution in [3.63, 3.8) is 0 Å². The third kappa shape index (κ3) is 3.36. The number of anilines is 1. The fraction of sp³-hybridized carbons (Fsp3) is 0.136. The van der Waals surface area contributed by atoms with E-state index in [0.717, 1.165) is 11.3 Å². The number of carbonyl (C=O) groups is 2. The topological polar surface area (TPSA) is 62.3 Å². The summed E-state index contributed by atoms with van der Waals surface area (Å²) in [5, 5.41) is 3.33. The van der Waals surface area contributed by atoms with Crippen LogP contribution in [0.15, 0.2) is 66.9 Å². The Labute approximate surface area is 161 Å². The second-order valence-electron chi connectivity index (χ2n) is 6.68. The van der Waals surface area contributed by atoms with E-state index in [0.29, 0.717) is 23.4 Å². The summed E-state index contributed by atoms with van der Waals surface area (Å²) < 4.78 is 13.2. The number of aromatic nitrogens is 1. The molecule has 0 saturated carbocycles. The Balaban J connectivity index is 1.65. The molecule has 2 heterocycles. The lowest BCUT2D eigenvalue weighted by Gasteiger charge is -2.26. The summed E-state index contributed by atoms with van der Waals surface area (Å²) in [6, 6.07) is 16.7. The van der Waals surface area contributed by atoms with Gasteiger partial charge in [-0.3, -0.25) is 14.6 Å². The molecule has 0 saturated heterocycles. The van der Waals surface area contributed by atoms with Crippen LogP contribution in [-0.4, -0.2) is 21.6 Å². The van der Waals surface area contributed by atoms with E-state index in [1.165, 1.54) is 19.1 Å². The van der Waals surface area contributed by atoms with Crippen LogP contribution in [0.4, 0.5) is 10.1 Å². The fourth-order valence-corrected chi connectivity index (χ4v) is 3.29. The molecule has 1 aliphatic rings. The minimum absolute atomic E-state index is 0.00690. The van der Waals surface area contributed by atoms with Gasteiger partial charge in [0.1, 0.15) is 12.0 Å². The first-order valence-corrected chi connectivity index (χ1v) is 8.91. The minimum atomic E-state index is -0.461. The van der Waals surface area contributed by atoms with Gasteiger partial charge in [0, 0.05) is 24.0 Å².